The number of phosphoric ester groups is 1. The molecule has 0 aromatic rings. The number of aliphatic hydroxyl groups excluding tert-OH is 20. The summed E-state index contributed by atoms with van der Waals surface area (Å²) in [5.74, 6) is -1.48. The second-order valence-electron chi connectivity index (χ2n) is 31.1. The van der Waals surface area contributed by atoms with E-state index in [4.69, 9.17) is 65.9 Å². The molecular weight excluding hydrogens is 1550 g/mol. The summed E-state index contributed by atoms with van der Waals surface area (Å²) >= 11 is 0. The Morgan fingerprint density at radius 2 is 0.626 bits per heavy atom. The molecule has 6 aliphatic rings. The minimum Gasteiger partial charge on any atom is -0.462 e. The molecule has 0 amide bonds. The highest BCUT2D eigenvalue weighted by Gasteiger charge is 2.59. The van der Waals surface area contributed by atoms with Crippen LogP contribution in [0.15, 0.2) is 12.2 Å². The zero-order chi connectivity index (χ0) is 84.3. The molecule has 33 atom stereocenters. The van der Waals surface area contributed by atoms with Crippen LogP contribution in [0.4, 0.5) is 0 Å². The first kappa shape index (κ1) is 101. The number of aliphatic hydroxyl groups is 20. The first-order valence-electron chi connectivity index (χ1n) is 41.6. The third kappa shape index (κ3) is 32.3. The van der Waals surface area contributed by atoms with E-state index in [-0.39, 0.29) is 12.8 Å². The van der Waals surface area contributed by atoms with Crippen LogP contribution in [0.3, 0.4) is 0 Å². The van der Waals surface area contributed by atoms with Gasteiger partial charge in [0.15, 0.2) is 37.6 Å². The van der Waals surface area contributed by atoms with Crippen molar-refractivity contribution in [3.05, 3.63) is 12.2 Å². The highest BCUT2D eigenvalue weighted by molar-refractivity contribution is 7.47. The molecule has 0 aromatic carbocycles. The highest BCUT2D eigenvalue weighted by atomic mass is 31.2. The molecule has 0 spiro atoms. The summed E-state index contributed by atoms with van der Waals surface area (Å²) in [4.78, 5) is 38.4. The zero-order valence-corrected chi connectivity index (χ0v) is 67.2. The molecule has 115 heavy (non-hydrogen) atoms. The zero-order valence-electron chi connectivity index (χ0n) is 66.3. The molecule has 1 aliphatic carbocycles. The summed E-state index contributed by atoms with van der Waals surface area (Å²) in [6.07, 6.45) is -31.5. The molecule has 38 nitrogen and oxygen atoms in total. The monoisotopic (exact) mass is 1690 g/mol. The Labute approximate surface area is 672 Å². The Hall–Kier alpha value is -2.41. The molecule has 6 fully saturated rings. The van der Waals surface area contributed by atoms with Gasteiger partial charge in [-0.3, -0.25) is 18.6 Å². The van der Waals surface area contributed by atoms with Crippen molar-refractivity contribution in [3.63, 3.8) is 0 Å². The number of allylic oxidation sites excluding steroid dienone is 2. The standard InChI is InChI=1S/C76H137O38P/c1-3-5-7-9-11-13-15-17-19-21-22-24-26-28-30-32-34-49(79)101-38-43(106-50(80)35-33-31-29-27-25-23-20-18-16-14-12-10-8-6-4-2)39-105-115(99,100)114-71-69(112-75-67(97)57(87)52(82)45(37-78)108-75)62(92)61(91)63(93)70(71)113-76-68(98)60(90)55(85)48(111-76)42-104-74-66(96)59(89)54(84)47(110-74)41-103-73-65(95)58(88)53(83)46(109-73)40-102-72-64(94)56(86)51(81)44(36-77)107-72/h18,20,43-48,51-78,81-98H,3-17,19,21-42H2,1-2H3,(H,99,100)/b20-18-/t43-,44?,45?,46?,47?,48?,51+,52-,53+,54+,55+,56?,57?,58?,59?,60?,61+,62?,63?,64+,65+,66+,67-,68+,69-,70?,71+,72-,73-,74-,75-,76+/m1/s1. The van der Waals surface area contributed by atoms with Crippen molar-refractivity contribution in [1.29, 1.82) is 0 Å². The van der Waals surface area contributed by atoms with Crippen LogP contribution in [0, 0.1) is 0 Å². The van der Waals surface area contributed by atoms with Crippen LogP contribution in [0.25, 0.3) is 0 Å². The van der Waals surface area contributed by atoms with Gasteiger partial charge < -0.3 is 164 Å². The SMILES string of the molecule is CCCCCCCC/C=C\CCCCCCCC(=O)O[C@H](COC(=O)CCCCCCCCCCCCCCCCCC)COP(=O)(O)O[C@@H]1C(O[C@@H]2OC(CO[C@@H]3OC(CO[C@@H]4OC(CO[C@@H]5OC(CO)[C@H](O)C(O)[C@@H]5O)[C@H](O)C(O)[C@@H]4O)[C@H](O)C(O)[C@@H]3O)[C@H](O)C(O)[C@@H]2O)C(O)[C@@H](O)C(O)[C@H]1O[C@H]1OC(CO)[C@@H](O)C(O)[C@H]1O. The van der Waals surface area contributed by atoms with Crippen molar-refractivity contribution in [2.24, 2.45) is 0 Å². The lowest BCUT2D eigenvalue weighted by Crippen LogP contribution is -2.69. The van der Waals surface area contributed by atoms with E-state index in [1.165, 1.54) is 96.3 Å². The Morgan fingerprint density at radius 1 is 0.339 bits per heavy atom. The van der Waals surface area contributed by atoms with Crippen LogP contribution >= 0.6 is 7.82 Å². The number of esters is 2. The van der Waals surface area contributed by atoms with Crippen molar-refractivity contribution in [2.45, 2.75) is 409 Å². The van der Waals surface area contributed by atoms with E-state index in [0.29, 0.717) is 19.3 Å². The molecule has 0 radical (unpaired) electrons. The molecule has 5 saturated heterocycles. The lowest BCUT2D eigenvalue weighted by Gasteiger charge is -2.49. The molecule has 0 aromatic heterocycles. The summed E-state index contributed by atoms with van der Waals surface area (Å²) in [5, 5.41) is 217. The quantitative estimate of drug-likeness (QED) is 0.0144. The van der Waals surface area contributed by atoms with Crippen LogP contribution in [0.5, 0.6) is 0 Å². The number of hydrogen-bond acceptors (Lipinski definition) is 37. The number of ether oxygens (including phenoxy) is 12. The molecular formula is C76H137O38P. The van der Waals surface area contributed by atoms with E-state index in [1.54, 1.807) is 0 Å². The van der Waals surface area contributed by atoms with E-state index in [9.17, 15) is 121 Å². The lowest BCUT2D eigenvalue weighted by atomic mass is 9.84. The third-order valence-corrected chi connectivity index (χ3v) is 22.8. The van der Waals surface area contributed by atoms with Crippen molar-refractivity contribution in [1.82, 2.24) is 0 Å². The topological polar surface area (TPSA) is 605 Å². The van der Waals surface area contributed by atoms with Crippen LogP contribution in [0.2, 0.25) is 0 Å². The van der Waals surface area contributed by atoms with Gasteiger partial charge in [0.2, 0.25) is 0 Å². The van der Waals surface area contributed by atoms with Gasteiger partial charge in [0.25, 0.3) is 0 Å². The normalized spacial score (nSPS) is 37.5. The smallest absolute Gasteiger partial charge is 0.462 e. The van der Waals surface area contributed by atoms with E-state index < -0.39 is 262 Å². The lowest BCUT2D eigenvalue weighted by molar-refractivity contribution is -0.365. The van der Waals surface area contributed by atoms with Gasteiger partial charge in [0.1, 0.15) is 165 Å². The fraction of sp³-hybridized carbons (Fsp3) is 0.947. The van der Waals surface area contributed by atoms with Crippen LogP contribution in [-0.4, -0.2) is 361 Å². The molecule has 1 saturated carbocycles. The molecule has 39 heteroatoms. The molecule has 21 N–H and O–H groups in total. The second-order valence-corrected chi connectivity index (χ2v) is 32.5. The molecule has 0 bridgehead atoms. The Kier molecular flexibility index (Phi) is 47.2. The van der Waals surface area contributed by atoms with Crippen LogP contribution in [-0.2, 0) is 80.0 Å². The minimum absolute atomic E-state index is 0.0184. The maximum atomic E-state index is 14.5. The van der Waals surface area contributed by atoms with Gasteiger partial charge in [0, 0.05) is 12.8 Å². The van der Waals surface area contributed by atoms with Gasteiger partial charge in [-0.15, -0.1) is 0 Å². The summed E-state index contributed by atoms with van der Waals surface area (Å²) in [6.45, 7) is -1.89. The van der Waals surface area contributed by atoms with Gasteiger partial charge >= 0.3 is 19.8 Å². The molecule has 5 heterocycles. The number of carbonyl (C=O) groups excluding carboxylic acids is 2. The van der Waals surface area contributed by atoms with E-state index >= 15 is 0 Å². The van der Waals surface area contributed by atoms with E-state index in [1.807, 2.05) is 0 Å². The molecule has 5 aliphatic heterocycles. The van der Waals surface area contributed by atoms with Crippen LogP contribution < -0.4 is 0 Å². The van der Waals surface area contributed by atoms with E-state index in [2.05, 4.69) is 26.0 Å². The molecule has 14 unspecified atom stereocenters. The number of unbranched alkanes of at least 4 members (excludes halogenated alkanes) is 26. The average Bonchev–Trinajstić information content (AvgIpc) is 0.751. The molecule has 674 valence electrons. The number of hydrogen-bond donors (Lipinski definition) is 21. The van der Waals surface area contributed by atoms with Gasteiger partial charge in [-0.25, -0.2) is 4.57 Å². The summed E-state index contributed by atoms with van der Waals surface area (Å²) in [7, 11) is -5.86. The maximum Gasteiger partial charge on any atom is 0.472 e. The average molecular weight is 1690 g/mol. The fourth-order valence-electron chi connectivity index (χ4n) is 14.6. The van der Waals surface area contributed by atoms with Crippen molar-refractivity contribution < 1.29 is 187 Å². The Morgan fingerprint density at radius 3 is 0.983 bits per heavy atom. The van der Waals surface area contributed by atoms with E-state index in [0.717, 1.165) is 70.6 Å². The summed E-state index contributed by atoms with van der Waals surface area (Å²) in [5.41, 5.74) is 0. The molecule has 6 rings (SSSR count). The van der Waals surface area contributed by atoms with Crippen molar-refractivity contribution in [2.75, 3.05) is 46.2 Å². The summed E-state index contributed by atoms with van der Waals surface area (Å²) in [6, 6.07) is 0. The maximum absolute atomic E-state index is 14.5. The second kappa shape index (κ2) is 53.6. The highest BCUT2D eigenvalue weighted by Crippen LogP contribution is 2.49. The Bertz CT molecular complexity index is 2700. The fourth-order valence-corrected chi connectivity index (χ4v) is 15.5. The van der Waals surface area contributed by atoms with Gasteiger partial charge in [0.05, 0.1) is 39.6 Å². The van der Waals surface area contributed by atoms with Crippen LogP contribution in [0.1, 0.15) is 213 Å². The largest absolute Gasteiger partial charge is 0.472 e. The number of carbonyl (C=O) groups is 2. The van der Waals surface area contributed by atoms with Gasteiger partial charge in [-0.05, 0) is 38.5 Å². The van der Waals surface area contributed by atoms with Gasteiger partial charge in [-0.2, -0.15) is 0 Å². The Balaban J connectivity index is 1.12. The predicted octanol–water partition coefficient (Wildman–Crippen LogP) is -1.43. The third-order valence-electron chi connectivity index (χ3n) is 21.9. The summed E-state index contributed by atoms with van der Waals surface area (Å²) < 4.78 is 93.0. The first-order chi connectivity index (χ1) is 55.0. The number of rotatable bonds is 55. The number of phosphoric acid groups is 1. The van der Waals surface area contributed by atoms with Crippen molar-refractivity contribution in [3.8, 4) is 0 Å². The van der Waals surface area contributed by atoms with Gasteiger partial charge in [-0.1, -0.05) is 174 Å². The first-order valence-corrected chi connectivity index (χ1v) is 43.1. The predicted molar refractivity (Wildman–Crippen MR) is 398 cm³/mol. The minimum atomic E-state index is -5.86. The van der Waals surface area contributed by atoms with Crippen molar-refractivity contribution >= 4 is 19.8 Å².